The molecule has 0 unspecified atom stereocenters. The van der Waals surface area contributed by atoms with Gasteiger partial charge < -0.3 is 10.7 Å². The Kier molecular flexibility index (Phi) is 3.80. The van der Waals surface area contributed by atoms with Crippen molar-refractivity contribution < 1.29 is 8.78 Å². The average Bonchev–Trinajstić information content (AvgIpc) is 3.01. The van der Waals surface area contributed by atoms with E-state index in [1.54, 1.807) is 18.3 Å². The van der Waals surface area contributed by atoms with E-state index in [2.05, 4.69) is 24.9 Å². The lowest BCUT2D eigenvalue weighted by Crippen LogP contribution is -2.01. The smallest absolute Gasteiger partial charge is 0.217 e. The third-order valence-corrected chi connectivity index (χ3v) is 4.17. The number of aromatic nitrogens is 5. The van der Waals surface area contributed by atoms with E-state index in [0.717, 1.165) is 28.9 Å². The van der Waals surface area contributed by atoms with Crippen molar-refractivity contribution in [3.05, 3.63) is 65.5 Å². The summed E-state index contributed by atoms with van der Waals surface area (Å²) < 4.78 is 27.7. The second-order valence-electron chi connectivity index (χ2n) is 5.91. The SMILES string of the molecule is Cc1ncnc2[nH]cc(Cc3ccc(-c4ncc(F)cc4N)nc3F)c12. The summed E-state index contributed by atoms with van der Waals surface area (Å²) in [5.74, 6) is -1.18. The van der Waals surface area contributed by atoms with Gasteiger partial charge in [0.1, 0.15) is 23.5 Å². The Morgan fingerprint density at radius 2 is 1.96 bits per heavy atom. The topological polar surface area (TPSA) is 93.4 Å². The van der Waals surface area contributed by atoms with Crippen LogP contribution in [-0.2, 0) is 6.42 Å². The molecule has 0 aromatic carbocycles. The molecular weight excluding hydrogens is 338 g/mol. The highest BCUT2D eigenvalue weighted by molar-refractivity contribution is 5.82. The maximum atomic E-state index is 14.5. The molecule has 0 aliphatic carbocycles. The van der Waals surface area contributed by atoms with Gasteiger partial charge in [0.05, 0.1) is 23.3 Å². The number of nitrogen functional groups attached to an aromatic ring is 1. The van der Waals surface area contributed by atoms with Gasteiger partial charge in [-0.2, -0.15) is 4.39 Å². The van der Waals surface area contributed by atoms with Crippen LogP contribution in [-0.4, -0.2) is 24.9 Å². The van der Waals surface area contributed by atoms with E-state index in [4.69, 9.17) is 5.73 Å². The van der Waals surface area contributed by atoms with Gasteiger partial charge in [0.25, 0.3) is 0 Å². The van der Waals surface area contributed by atoms with Gasteiger partial charge in [-0.15, -0.1) is 0 Å². The summed E-state index contributed by atoms with van der Waals surface area (Å²) in [7, 11) is 0. The van der Waals surface area contributed by atoms with Crippen LogP contribution in [0.4, 0.5) is 14.5 Å². The molecule has 0 aliphatic heterocycles. The predicted octanol–water partition coefficient (Wildman–Crippen LogP) is 3.17. The second-order valence-corrected chi connectivity index (χ2v) is 5.91. The van der Waals surface area contributed by atoms with Crippen LogP contribution in [0.3, 0.4) is 0 Å². The number of rotatable bonds is 3. The normalized spacial score (nSPS) is 11.2. The summed E-state index contributed by atoms with van der Waals surface area (Å²) in [5, 5.41) is 0.875. The monoisotopic (exact) mass is 352 g/mol. The summed E-state index contributed by atoms with van der Waals surface area (Å²) in [5.41, 5.74) is 9.17. The molecule has 8 heteroatoms. The number of nitrogens with one attached hydrogen (secondary N) is 1. The number of H-pyrrole nitrogens is 1. The van der Waals surface area contributed by atoms with Gasteiger partial charge in [0.15, 0.2) is 0 Å². The summed E-state index contributed by atoms with van der Waals surface area (Å²) in [6, 6.07) is 4.37. The minimum absolute atomic E-state index is 0.106. The number of aryl methyl sites for hydroxylation is 1. The number of nitrogens with zero attached hydrogens (tertiary/aromatic N) is 4. The number of hydrogen-bond acceptors (Lipinski definition) is 5. The fraction of sp³-hybridized carbons (Fsp3) is 0.111. The van der Waals surface area contributed by atoms with E-state index in [0.29, 0.717) is 17.6 Å². The number of aromatic amines is 1. The van der Waals surface area contributed by atoms with Gasteiger partial charge in [0, 0.05) is 29.6 Å². The van der Waals surface area contributed by atoms with Crippen LogP contribution in [0.5, 0.6) is 0 Å². The minimum Gasteiger partial charge on any atom is -0.397 e. The molecule has 0 spiro atoms. The van der Waals surface area contributed by atoms with Crippen molar-refractivity contribution >= 4 is 16.7 Å². The molecular formula is C18H14F2N6. The molecule has 0 bridgehead atoms. The van der Waals surface area contributed by atoms with Gasteiger partial charge in [-0.1, -0.05) is 6.07 Å². The Morgan fingerprint density at radius 3 is 2.73 bits per heavy atom. The molecule has 0 saturated carbocycles. The predicted molar refractivity (Wildman–Crippen MR) is 93.2 cm³/mol. The van der Waals surface area contributed by atoms with Crippen LogP contribution in [0.1, 0.15) is 16.8 Å². The van der Waals surface area contributed by atoms with Crippen LogP contribution in [0.2, 0.25) is 0 Å². The van der Waals surface area contributed by atoms with E-state index in [1.165, 1.54) is 6.33 Å². The highest BCUT2D eigenvalue weighted by Gasteiger charge is 2.14. The van der Waals surface area contributed by atoms with Gasteiger partial charge >= 0.3 is 0 Å². The van der Waals surface area contributed by atoms with E-state index >= 15 is 0 Å². The zero-order valence-corrected chi connectivity index (χ0v) is 13.8. The van der Waals surface area contributed by atoms with Gasteiger partial charge in [-0.25, -0.2) is 24.3 Å². The molecule has 0 amide bonds. The number of nitrogens with two attached hydrogens (primary N) is 1. The lowest BCUT2D eigenvalue weighted by atomic mass is 10.0. The Balaban J connectivity index is 1.70. The molecule has 0 saturated heterocycles. The van der Waals surface area contributed by atoms with Gasteiger partial charge in [-0.3, -0.25) is 0 Å². The van der Waals surface area contributed by atoms with Crippen molar-refractivity contribution in [2.75, 3.05) is 5.73 Å². The molecule has 4 aromatic heterocycles. The van der Waals surface area contributed by atoms with Gasteiger partial charge in [-0.05, 0) is 18.6 Å². The standard InChI is InChI=1S/C18H14F2N6/c1-9-15-11(6-23-18(15)25-8-24-9)4-10-2-3-14(26-17(10)20)16-13(21)5-12(19)7-22-16/h2-3,5-8H,4,21H2,1H3,(H,23,24,25). The van der Waals surface area contributed by atoms with E-state index in [9.17, 15) is 8.78 Å². The van der Waals surface area contributed by atoms with Crippen molar-refractivity contribution in [2.24, 2.45) is 0 Å². The fourth-order valence-electron chi connectivity index (χ4n) is 2.94. The number of hydrogen-bond donors (Lipinski definition) is 2. The molecule has 0 fully saturated rings. The highest BCUT2D eigenvalue weighted by Crippen LogP contribution is 2.26. The Bertz CT molecular complexity index is 1120. The Morgan fingerprint density at radius 1 is 1.12 bits per heavy atom. The molecule has 0 atom stereocenters. The van der Waals surface area contributed by atoms with E-state index < -0.39 is 11.8 Å². The molecule has 6 nitrogen and oxygen atoms in total. The number of halogens is 2. The maximum absolute atomic E-state index is 14.5. The summed E-state index contributed by atoms with van der Waals surface area (Å²) in [6.07, 6.45) is 4.63. The number of pyridine rings is 2. The highest BCUT2D eigenvalue weighted by atomic mass is 19.1. The number of anilines is 1. The lowest BCUT2D eigenvalue weighted by Gasteiger charge is -2.07. The Hall–Kier alpha value is -3.42. The van der Waals surface area contributed by atoms with E-state index in [-0.39, 0.29) is 17.1 Å². The zero-order chi connectivity index (χ0) is 18.3. The maximum Gasteiger partial charge on any atom is 0.217 e. The summed E-state index contributed by atoms with van der Waals surface area (Å²) >= 11 is 0. The molecule has 4 rings (SSSR count). The third kappa shape index (κ3) is 2.75. The number of fused-ring (bicyclic) bond motifs is 1. The first-order valence-electron chi connectivity index (χ1n) is 7.87. The first-order chi connectivity index (χ1) is 12.5. The molecule has 0 radical (unpaired) electrons. The fourth-order valence-corrected chi connectivity index (χ4v) is 2.94. The zero-order valence-electron chi connectivity index (χ0n) is 13.8. The molecule has 4 aromatic rings. The average molecular weight is 352 g/mol. The lowest BCUT2D eigenvalue weighted by molar-refractivity contribution is 0.571. The van der Waals surface area contributed by atoms with Crippen LogP contribution < -0.4 is 5.73 Å². The second kappa shape index (κ2) is 6.14. The third-order valence-electron chi connectivity index (χ3n) is 4.17. The molecule has 0 aliphatic rings. The molecule has 3 N–H and O–H groups in total. The Labute approximate surface area is 147 Å². The van der Waals surface area contributed by atoms with Crippen LogP contribution in [0.15, 0.2) is 36.9 Å². The van der Waals surface area contributed by atoms with Crippen LogP contribution in [0, 0.1) is 18.7 Å². The van der Waals surface area contributed by atoms with Crippen molar-refractivity contribution in [1.82, 2.24) is 24.9 Å². The first-order valence-corrected chi connectivity index (χ1v) is 7.87. The van der Waals surface area contributed by atoms with Crippen molar-refractivity contribution in [1.29, 1.82) is 0 Å². The molecule has 130 valence electrons. The minimum atomic E-state index is -0.628. The first kappa shape index (κ1) is 16.1. The van der Waals surface area contributed by atoms with Crippen molar-refractivity contribution in [3.8, 4) is 11.4 Å². The van der Waals surface area contributed by atoms with Crippen molar-refractivity contribution in [3.63, 3.8) is 0 Å². The van der Waals surface area contributed by atoms with Crippen LogP contribution >= 0.6 is 0 Å². The largest absolute Gasteiger partial charge is 0.397 e. The molecule has 26 heavy (non-hydrogen) atoms. The molecule has 4 heterocycles. The van der Waals surface area contributed by atoms with Crippen molar-refractivity contribution in [2.45, 2.75) is 13.3 Å². The summed E-state index contributed by atoms with van der Waals surface area (Å²) in [4.78, 5) is 19.3. The van der Waals surface area contributed by atoms with Crippen LogP contribution in [0.25, 0.3) is 22.4 Å². The van der Waals surface area contributed by atoms with E-state index in [1.807, 2.05) is 6.92 Å². The quantitative estimate of drug-likeness (QED) is 0.552. The summed E-state index contributed by atoms with van der Waals surface area (Å²) in [6.45, 7) is 1.88. The van der Waals surface area contributed by atoms with Gasteiger partial charge in [0.2, 0.25) is 5.95 Å².